The van der Waals surface area contributed by atoms with E-state index in [1.54, 1.807) is 12.1 Å². The second kappa shape index (κ2) is 7.38. The molecule has 1 aromatic carbocycles. The Morgan fingerprint density at radius 3 is 3.00 bits per heavy atom. The predicted molar refractivity (Wildman–Crippen MR) is 80.8 cm³/mol. The Labute approximate surface area is 124 Å². The Bertz CT molecular complexity index is 506. The highest BCUT2D eigenvalue weighted by molar-refractivity contribution is 5.97. The maximum absolute atomic E-state index is 13.9. The number of halogens is 1. The lowest BCUT2D eigenvalue weighted by Crippen LogP contribution is -2.26. The first kappa shape index (κ1) is 15.7. The highest BCUT2D eigenvalue weighted by atomic mass is 19.1. The molecule has 1 saturated heterocycles. The van der Waals surface area contributed by atoms with Crippen LogP contribution in [0.25, 0.3) is 0 Å². The fraction of sp³-hybridized carbons (Fsp3) is 0.533. The molecule has 6 heteroatoms. The number of rotatable bonds is 6. The van der Waals surface area contributed by atoms with Gasteiger partial charge >= 0.3 is 0 Å². The van der Waals surface area contributed by atoms with Crippen molar-refractivity contribution < 1.29 is 9.60 Å². The van der Waals surface area contributed by atoms with Gasteiger partial charge in [0.05, 0.1) is 0 Å². The standard InChI is InChI=1S/C15H23FN4O/c1-2-20-6-5-11(10-20)8-18-9-13-4-3-12(7-14(13)16)15(17)19-21/h3-4,7,11,18,21H,2,5-6,8-10H2,1H3,(H2,17,19). The molecular weight excluding hydrogens is 271 g/mol. The van der Waals surface area contributed by atoms with Crippen LogP contribution in [0.5, 0.6) is 0 Å². The average molecular weight is 294 g/mol. The second-order valence-corrected chi connectivity index (χ2v) is 5.47. The van der Waals surface area contributed by atoms with Crippen LogP contribution in [-0.2, 0) is 6.54 Å². The summed E-state index contributed by atoms with van der Waals surface area (Å²) in [5.41, 5.74) is 6.41. The predicted octanol–water partition coefficient (Wildman–Crippen LogP) is 1.35. The molecule has 0 amide bonds. The first-order chi connectivity index (χ1) is 10.1. The summed E-state index contributed by atoms with van der Waals surface area (Å²) in [5.74, 6) is 0.219. The molecule has 1 aliphatic heterocycles. The van der Waals surface area contributed by atoms with Crippen LogP contribution in [0.1, 0.15) is 24.5 Å². The lowest BCUT2D eigenvalue weighted by Gasteiger charge is -2.14. The molecule has 1 heterocycles. The molecule has 1 unspecified atom stereocenters. The van der Waals surface area contributed by atoms with Crippen LogP contribution < -0.4 is 11.1 Å². The Morgan fingerprint density at radius 2 is 2.38 bits per heavy atom. The summed E-state index contributed by atoms with van der Waals surface area (Å²) in [4.78, 5) is 2.43. The summed E-state index contributed by atoms with van der Waals surface area (Å²) in [5, 5.41) is 14.8. The van der Waals surface area contributed by atoms with Crippen LogP contribution in [0.4, 0.5) is 4.39 Å². The first-order valence-corrected chi connectivity index (χ1v) is 7.33. The number of benzene rings is 1. The zero-order valence-corrected chi connectivity index (χ0v) is 12.3. The van der Waals surface area contributed by atoms with Gasteiger partial charge in [-0.3, -0.25) is 0 Å². The fourth-order valence-electron chi connectivity index (χ4n) is 2.69. The summed E-state index contributed by atoms with van der Waals surface area (Å²) in [7, 11) is 0. The van der Waals surface area contributed by atoms with Crippen LogP contribution in [-0.4, -0.2) is 42.1 Å². The van der Waals surface area contributed by atoms with Crippen LogP contribution in [0.2, 0.25) is 0 Å². The maximum atomic E-state index is 13.9. The third-order valence-electron chi connectivity index (χ3n) is 4.02. The van der Waals surface area contributed by atoms with Gasteiger partial charge in [0, 0.05) is 24.2 Å². The van der Waals surface area contributed by atoms with Gasteiger partial charge in [-0.2, -0.15) is 0 Å². The highest BCUT2D eigenvalue weighted by Crippen LogP contribution is 2.15. The number of hydrogen-bond donors (Lipinski definition) is 3. The highest BCUT2D eigenvalue weighted by Gasteiger charge is 2.20. The number of nitrogens with one attached hydrogen (secondary N) is 1. The van der Waals surface area contributed by atoms with Crippen molar-refractivity contribution in [3.63, 3.8) is 0 Å². The lowest BCUT2D eigenvalue weighted by atomic mass is 10.1. The van der Waals surface area contributed by atoms with Crippen molar-refractivity contribution in [2.24, 2.45) is 16.8 Å². The smallest absolute Gasteiger partial charge is 0.170 e. The monoisotopic (exact) mass is 294 g/mol. The van der Waals surface area contributed by atoms with E-state index in [1.807, 2.05) is 0 Å². The summed E-state index contributed by atoms with van der Waals surface area (Å²) >= 11 is 0. The van der Waals surface area contributed by atoms with E-state index in [0.29, 0.717) is 23.6 Å². The Hall–Kier alpha value is -1.66. The van der Waals surface area contributed by atoms with Crippen molar-refractivity contribution in [1.82, 2.24) is 10.2 Å². The van der Waals surface area contributed by atoms with Gasteiger partial charge in [0.1, 0.15) is 5.82 Å². The zero-order valence-electron chi connectivity index (χ0n) is 12.3. The van der Waals surface area contributed by atoms with Gasteiger partial charge in [-0.15, -0.1) is 0 Å². The lowest BCUT2D eigenvalue weighted by molar-refractivity contribution is 0.318. The van der Waals surface area contributed by atoms with E-state index in [0.717, 1.165) is 26.2 Å². The molecule has 1 atom stereocenters. The van der Waals surface area contributed by atoms with Crippen LogP contribution >= 0.6 is 0 Å². The minimum Gasteiger partial charge on any atom is -0.409 e. The van der Waals surface area contributed by atoms with Crippen molar-refractivity contribution >= 4 is 5.84 Å². The van der Waals surface area contributed by atoms with Crippen molar-refractivity contribution in [2.45, 2.75) is 19.9 Å². The molecule has 1 aliphatic rings. The quantitative estimate of drug-likeness (QED) is 0.320. The van der Waals surface area contributed by atoms with Crippen LogP contribution in [0.3, 0.4) is 0 Å². The molecule has 4 N–H and O–H groups in total. The minimum atomic E-state index is -0.340. The zero-order chi connectivity index (χ0) is 15.2. The number of nitrogens with zero attached hydrogens (tertiary/aromatic N) is 2. The number of amidine groups is 1. The third-order valence-corrected chi connectivity index (χ3v) is 4.02. The van der Waals surface area contributed by atoms with E-state index < -0.39 is 0 Å². The van der Waals surface area contributed by atoms with Gasteiger partial charge < -0.3 is 21.2 Å². The summed E-state index contributed by atoms with van der Waals surface area (Å²) in [6.07, 6.45) is 1.20. The van der Waals surface area contributed by atoms with E-state index in [-0.39, 0.29) is 11.7 Å². The molecule has 0 aromatic heterocycles. The van der Waals surface area contributed by atoms with Crippen molar-refractivity contribution in [3.8, 4) is 0 Å². The summed E-state index contributed by atoms with van der Waals surface area (Å²) in [6, 6.07) is 4.62. The average Bonchev–Trinajstić information content (AvgIpc) is 2.96. The van der Waals surface area contributed by atoms with E-state index in [4.69, 9.17) is 10.9 Å². The van der Waals surface area contributed by atoms with Gasteiger partial charge in [0.15, 0.2) is 5.84 Å². The van der Waals surface area contributed by atoms with Gasteiger partial charge in [-0.1, -0.05) is 24.2 Å². The minimum absolute atomic E-state index is 0.0842. The Morgan fingerprint density at radius 1 is 1.57 bits per heavy atom. The first-order valence-electron chi connectivity index (χ1n) is 7.33. The molecule has 0 spiro atoms. The van der Waals surface area contributed by atoms with Crippen LogP contribution in [0, 0.1) is 11.7 Å². The van der Waals surface area contributed by atoms with E-state index >= 15 is 0 Å². The molecule has 1 fully saturated rings. The number of nitrogens with two attached hydrogens (primary N) is 1. The number of hydrogen-bond acceptors (Lipinski definition) is 4. The summed E-state index contributed by atoms with van der Waals surface area (Å²) in [6.45, 7) is 6.94. The second-order valence-electron chi connectivity index (χ2n) is 5.47. The van der Waals surface area contributed by atoms with Gasteiger partial charge in [0.2, 0.25) is 0 Å². The molecule has 2 rings (SSSR count). The molecular formula is C15H23FN4O. The molecule has 0 saturated carbocycles. The van der Waals surface area contributed by atoms with E-state index in [1.165, 1.54) is 12.5 Å². The molecule has 0 bridgehead atoms. The third kappa shape index (κ3) is 4.15. The molecule has 0 aliphatic carbocycles. The molecule has 0 radical (unpaired) electrons. The van der Waals surface area contributed by atoms with Crippen molar-refractivity contribution in [1.29, 1.82) is 0 Å². The molecule has 21 heavy (non-hydrogen) atoms. The van der Waals surface area contributed by atoms with Crippen molar-refractivity contribution in [2.75, 3.05) is 26.2 Å². The Balaban J connectivity index is 1.84. The van der Waals surface area contributed by atoms with Gasteiger partial charge in [0.25, 0.3) is 0 Å². The van der Waals surface area contributed by atoms with E-state index in [9.17, 15) is 4.39 Å². The normalized spacial score (nSPS) is 20.1. The van der Waals surface area contributed by atoms with Crippen LogP contribution in [0.15, 0.2) is 23.4 Å². The Kier molecular flexibility index (Phi) is 5.52. The largest absolute Gasteiger partial charge is 0.409 e. The maximum Gasteiger partial charge on any atom is 0.170 e. The number of likely N-dealkylation sites (tertiary alicyclic amines) is 1. The van der Waals surface area contributed by atoms with E-state index in [2.05, 4.69) is 22.3 Å². The van der Waals surface area contributed by atoms with Gasteiger partial charge in [-0.05, 0) is 38.0 Å². The number of oxime groups is 1. The fourth-order valence-corrected chi connectivity index (χ4v) is 2.69. The molecule has 116 valence electrons. The summed E-state index contributed by atoms with van der Waals surface area (Å²) < 4.78 is 13.9. The van der Waals surface area contributed by atoms with Gasteiger partial charge in [-0.25, -0.2) is 4.39 Å². The topological polar surface area (TPSA) is 73.9 Å². The molecule has 5 nitrogen and oxygen atoms in total. The molecule has 1 aromatic rings. The van der Waals surface area contributed by atoms with Crippen molar-refractivity contribution in [3.05, 3.63) is 35.1 Å². The SMILES string of the molecule is CCN1CCC(CNCc2ccc(C(N)=NO)cc2F)C1.